The van der Waals surface area contributed by atoms with Gasteiger partial charge in [0.05, 0.1) is 0 Å². The van der Waals surface area contributed by atoms with Crippen LogP contribution in [0.15, 0.2) is 23.4 Å². The third-order valence-electron chi connectivity index (χ3n) is 3.28. The molecule has 1 unspecified atom stereocenters. The molecule has 3 N–H and O–H groups in total. The Morgan fingerprint density at radius 1 is 1.50 bits per heavy atom. The molecule has 0 aromatic heterocycles. The second-order valence-electron chi connectivity index (χ2n) is 4.75. The van der Waals surface area contributed by atoms with Crippen molar-refractivity contribution in [3.63, 3.8) is 0 Å². The molecule has 1 aromatic carbocycles. The summed E-state index contributed by atoms with van der Waals surface area (Å²) in [5.74, 6) is 0.157. The Hall–Kier alpha value is -1.71. The van der Waals surface area contributed by atoms with Gasteiger partial charge in [-0.3, -0.25) is 0 Å². The first-order chi connectivity index (χ1) is 8.51. The molecule has 100 valence electrons. The molecule has 4 heteroatoms. The summed E-state index contributed by atoms with van der Waals surface area (Å²) in [5, 5.41) is 12.0. The number of nitrogens with zero attached hydrogens (tertiary/aromatic N) is 2. The molecule has 0 heterocycles. The molecule has 0 saturated heterocycles. The van der Waals surface area contributed by atoms with Gasteiger partial charge in [-0.2, -0.15) is 0 Å². The summed E-state index contributed by atoms with van der Waals surface area (Å²) in [6.07, 6.45) is 2.25. The molecule has 0 radical (unpaired) electrons. The van der Waals surface area contributed by atoms with Crippen molar-refractivity contribution in [2.75, 3.05) is 11.9 Å². The van der Waals surface area contributed by atoms with E-state index in [2.05, 4.69) is 23.9 Å². The van der Waals surface area contributed by atoms with E-state index in [0.29, 0.717) is 6.04 Å². The van der Waals surface area contributed by atoms with Gasteiger partial charge in [0.2, 0.25) is 0 Å². The lowest BCUT2D eigenvalue weighted by molar-refractivity contribution is 0.318. The van der Waals surface area contributed by atoms with E-state index in [1.165, 1.54) is 0 Å². The topological polar surface area (TPSA) is 61.8 Å². The van der Waals surface area contributed by atoms with Gasteiger partial charge in [0.1, 0.15) is 0 Å². The van der Waals surface area contributed by atoms with Crippen molar-refractivity contribution in [3.05, 3.63) is 29.3 Å². The molecule has 0 amide bonds. The number of benzene rings is 1. The zero-order valence-corrected chi connectivity index (χ0v) is 11.6. The number of amidine groups is 1. The van der Waals surface area contributed by atoms with Gasteiger partial charge in [-0.1, -0.05) is 30.1 Å². The van der Waals surface area contributed by atoms with Crippen LogP contribution in [0.3, 0.4) is 0 Å². The largest absolute Gasteiger partial charge is 0.409 e. The molecule has 4 nitrogen and oxygen atoms in total. The van der Waals surface area contributed by atoms with Crippen LogP contribution < -0.4 is 10.6 Å². The number of hydrogen-bond acceptors (Lipinski definition) is 3. The normalized spacial score (nSPS) is 13.4. The van der Waals surface area contributed by atoms with Crippen LogP contribution in [-0.2, 0) is 0 Å². The molecule has 0 aliphatic carbocycles. The van der Waals surface area contributed by atoms with Crippen molar-refractivity contribution >= 4 is 11.5 Å². The van der Waals surface area contributed by atoms with Crippen LogP contribution in [0.2, 0.25) is 0 Å². The van der Waals surface area contributed by atoms with Crippen LogP contribution in [0.25, 0.3) is 0 Å². The Balaban J connectivity index is 3.15. The molecule has 1 atom stereocenters. The number of oxime groups is 1. The molecular weight excluding hydrogens is 226 g/mol. The molecular formula is C14H23N3O. The summed E-state index contributed by atoms with van der Waals surface area (Å²) in [7, 11) is 2.04. The summed E-state index contributed by atoms with van der Waals surface area (Å²) in [6, 6.07) is 6.43. The number of anilines is 1. The van der Waals surface area contributed by atoms with Crippen molar-refractivity contribution in [3.8, 4) is 0 Å². The van der Waals surface area contributed by atoms with Crippen LogP contribution >= 0.6 is 0 Å². The van der Waals surface area contributed by atoms with Gasteiger partial charge in [0.15, 0.2) is 5.84 Å². The van der Waals surface area contributed by atoms with Gasteiger partial charge < -0.3 is 15.8 Å². The van der Waals surface area contributed by atoms with Crippen molar-refractivity contribution in [2.24, 2.45) is 10.9 Å². The number of aryl methyl sites for hydroxylation is 1. The van der Waals surface area contributed by atoms with E-state index < -0.39 is 0 Å². The second kappa shape index (κ2) is 6.28. The van der Waals surface area contributed by atoms with Crippen LogP contribution in [0.5, 0.6) is 0 Å². The summed E-state index contributed by atoms with van der Waals surface area (Å²) in [6.45, 7) is 6.34. The SMILES string of the molecule is CCCC(C)N(C)c1ccc(C)cc1/C(N)=N/O. The average Bonchev–Trinajstić information content (AvgIpc) is 2.37. The Morgan fingerprint density at radius 2 is 2.17 bits per heavy atom. The van der Waals surface area contributed by atoms with Gasteiger partial charge in [0.25, 0.3) is 0 Å². The van der Waals surface area contributed by atoms with Gasteiger partial charge in [-0.25, -0.2) is 0 Å². The third kappa shape index (κ3) is 3.15. The Bertz CT molecular complexity index is 429. The van der Waals surface area contributed by atoms with Crippen molar-refractivity contribution in [1.82, 2.24) is 0 Å². The predicted octanol–water partition coefficient (Wildman–Crippen LogP) is 2.71. The maximum absolute atomic E-state index is 8.87. The molecule has 0 aliphatic rings. The van der Waals surface area contributed by atoms with E-state index in [9.17, 15) is 0 Å². The lowest BCUT2D eigenvalue weighted by atomic mass is 10.1. The second-order valence-corrected chi connectivity index (χ2v) is 4.75. The first kappa shape index (κ1) is 14.4. The molecule has 0 bridgehead atoms. The summed E-state index contributed by atoms with van der Waals surface area (Å²) in [5.41, 5.74) is 8.62. The highest BCUT2D eigenvalue weighted by Crippen LogP contribution is 2.23. The van der Waals surface area contributed by atoms with Crippen LogP contribution in [0.1, 0.15) is 37.8 Å². The molecule has 0 aliphatic heterocycles. The van der Waals surface area contributed by atoms with E-state index >= 15 is 0 Å². The first-order valence-corrected chi connectivity index (χ1v) is 6.32. The monoisotopic (exact) mass is 249 g/mol. The zero-order chi connectivity index (χ0) is 13.7. The molecule has 1 aromatic rings. The molecule has 0 saturated carbocycles. The lowest BCUT2D eigenvalue weighted by Crippen LogP contribution is -2.31. The van der Waals surface area contributed by atoms with Crippen LogP contribution in [-0.4, -0.2) is 24.1 Å². The summed E-state index contributed by atoms with van der Waals surface area (Å²) < 4.78 is 0. The van der Waals surface area contributed by atoms with Crippen molar-refractivity contribution < 1.29 is 5.21 Å². The Kier molecular flexibility index (Phi) is 5.01. The highest BCUT2D eigenvalue weighted by atomic mass is 16.4. The van der Waals surface area contributed by atoms with Crippen LogP contribution in [0, 0.1) is 6.92 Å². The van der Waals surface area contributed by atoms with Crippen molar-refractivity contribution in [2.45, 2.75) is 39.7 Å². The van der Waals surface area contributed by atoms with Gasteiger partial charge >= 0.3 is 0 Å². The maximum Gasteiger partial charge on any atom is 0.172 e. The molecule has 0 fully saturated rings. The van der Waals surface area contributed by atoms with Crippen LogP contribution in [0.4, 0.5) is 5.69 Å². The van der Waals surface area contributed by atoms with Gasteiger partial charge in [-0.05, 0) is 32.4 Å². The minimum atomic E-state index is 0.157. The lowest BCUT2D eigenvalue weighted by Gasteiger charge is -2.28. The van der Waals surface area contributed by atoms with Crippen molar-refractivity contribution in [1.29, 1.82) is 0 Å². The van der Waals surface area contributed by atoms with E-state index in [4.69, 9.17) is 10.9 Å². The van der Waals surface area contributed by atoms with Gasteiger partial charge in [-0.15, -0.1) is 0 Å². The molecule has 18 heavy (non-hydrogen) atoms. The van der Waals surface area contributed by atoms with E-state index in [1.54, 1.807) is 0 Å². The quantitative estimate of drug-likeness (QED) is 0.365. The van der Waals surface area contributed by atoms with E-state index in [0.717, 1.165) is 29.7 Å². The zero-order valence-electron chi connectivity index (χ0n) is 11.6. The standard InChI is InChI=1S/C14H23N3O/c1-5-6-11(3)17(4)13-8-7-10(2)9-12(13)14(15)16-18/h7-9,11,18H,5-6H2,1-4H3,(H2,15,16). The number of nitrogens with two attached hydrogens (primary N) is 1. The Morgan fingerprint density at radius 3 is 2.72 bits per heavy atom. The first-order valence-electron chi connectivity index (χ1n) is 6.32. The van der Waals surface area contributed by atoms with Gasteiger partial charge in [0, 0.05) is 24.3 Å². The number of hydrogen-bond donors (Lipinski definition) is 2. The minimum Gasteiger partial charge on any atom is -0.409 e. The summed E-state index contributed by atoms with van der Waals surface area (Å²) in [4.78, 5) is 2.18. The highest BCUT2D eigenvalue weighted by molar-refractivity contribution is 6.02. The minimum absolute atomic E-state index is 0.157. The molecule has 1 rings (SSSR count). The maximum atomic E-state index is 8.87. The van der Waals surface area contributed by atoms with E-state index in [-0.39, 0.29) is 5.84 Å². The average molecular weight is 249 g/mol. The molecule has 0 spiro atoms. The third-order valence-corrected chi connectivity index (χ3v) is 3.28. The Labute approximate surface area is 109 Å². The fourth-order valence-corrected chi connectivity index (χ4v) is 2.07. The van der Waals surface area contributed by atoms with E-state index in [1.807, 2.05) is 32.2 Å². The highest BCUT2D eigenvalue weighted by Gasteiger charge is 2.15. The fraction of sp³-hybridized carbons (Fsp3) is 0.500. The predicted molar refractivity (Wildman–Crippen MR) is 76.5 cm³/mol. The fourth-order valence-electron chi connectivity index (χ4n) is 2.07. The summed E-state index contributed by atoms with van der Waals surface area (Å²) >= 11 is 0. The smallest absolute Gasteiger partial charge is 0.172 e. The number of rotatable bonds is 5.